The predicted molar refractivity (Wildman–Crippen MR) is 55.0 cm³/mol. The molecule has 0 radical (unpaired) electrons. The minimum atomic E-state index is -0.117. The zero-order valence-electron chi connectivity index (χ0n) is 8.98. The van der Waals surface area contributed by atoms with Gasteiger partial charge in [-0.15, -0.1) is 0 Å². The maximum absolute atomic E-state index is 11.7. The Kier molecular flexibility index (Phi) is 2.78. The molecule has 0 fully saturated rings. The molecule has 0 aliphatic heterocycles. The van der Waals surface area contributed by atoms with Crippen molar-refractivity contribution in [2.24, 2.45) is 0 Å². The lowest BCUT2D eigenvalue weighted by Gasteiger charge is -2.14. The minimum absolute atomic E-state index is 0.117. The van der Waals surface area contributed by atoms with Gasteiger partial charge < -0.3 is 10.6 Å². The summed E-state index contributed by atoms with van der Waals surface area (Å²) in [6.45, 7) is 3.91. The van der Waals surface area contributed by atoms with Crippen LogP contribution in [-0.4, -0.2) is 34.7 Å². The fourth-order valence-electron chi connectivity index (χ4n) is 1.20. The normalized spacial score (nSPS) is 10.6. The SMILES string of the molecule is CC(C)n1ncc(N)c1C(=O)N(C)C. The molecule has 2 N–H and O–H groups in total. The Bertz CT molecular complexity index is 341. The first kappa shape index (κ1) is 10.6. The fourth-order valence-corrected chi connectivity index (χ4v) is 1.20. The summed E-state index contributed by atoms with van der Waals surface area (Å²) in [5.74, 6) is -0.117. The Morgan fingerprint density at radius 3 is 2.57 bits per heavy atom. The van der Waals surface area contributed by atoms with E-state index in [1.165, 1.54) is 11.1 Å². The molecule has 0 aromatic carbocycles. The number of hydrogen-bond donors (Lipinski definition) is 1. The predicted octanol–water partition coefficient (Wildman–Crippen LogP) is 0.748. The van der Waals surface area contributed by atoms with Crippen LogP contribution in [0.2, 0.25) is 0 Å². The number of nitrogen functional groups attached to an aromatic ring is 1. The Hall–Kier alpha value is -1.52. The molecule has 0 saturated carbocycles. The smallest absolute Gasteiger partial charge is 0.273 e. The zero-order valence-corrected chi connectivity index (χ0v) is 8.98. The lowest BCUT2D eigenvalue weighted by atomic mass is 10.3. The van der Waals surface area contributed by atoms with Crippen LogP contribution in [0.5, 0.6) is 0 Å². The van der Waals surface area contributed by atoms with Crippen molar-refractivity contribution in [2.75, 3.05) is 19.8 Å². The van der Waals surface area contributed by atoms with Crippen LogP contribution in [0, 0.1) is 0 Å². The summed E-state index contributed by atoms with van der Waals surface area (Å²) in [6, 6.07) is 0.131. The van der Waals surface area contributed by atoms with E-state index in [4.69, 9.17) is 5.73 Å². The average Bonchev–Trinajstić information content (AvgIpc) is 2.45. The van der Waals surface area contributed by atoms with Crippen LogP contribution in [0.25, 0.3) is 0 Å². The highest BCUT2D eigenvalue weighted by Gasteiger charge is 2.19. The van der Waals surface area contributed by atoms with Crippen LogP contribution >= 0.6 is 0 Å². The second-order valence-electron chi connectivity index (χ2n) is 3.69. The third kappa shape index (κ3) is 1.71. The van der Waals surface area contributed by atoms with Crippen molar-refractivity contribution in [2.45, 2.75) is 19.9 Å². The first-order valence-corrected chi connectivity index (χ1v) is 4.49. The molecule has 0 unspecified atom stereocenters. The summed E-state index contributed by atoms with van der Waals surface area (Å²) in [7, 11) is 3.39. The monoisotopic (exact) mass is 196 g/mol. The fraction of sp³-hybridized carbons (Fsp3) is 0.556. The van der Waals surface area contributed by atoms with E-state index < -0.39 is 0 Å². The lowest BCUT2D eigenvalue weighted by molar-refractivity contribution is 0.0814. The van der Waals surface area contributed by atoms with Gasteiger partial charge in [0.2, 0.25) is 0 Å². The second-order valence-corrected chi connectivity index (χ2v) is 3.69. The van der Waals surface area contributed by atoms with Crippen molar-refractivity contribution in [3.05, 3.63) is 11.9 Å². The van der Waals surface area contributed by atoms with Gasteiger partial charge in [0.05, 0.1) is 11.9 Å². The largest absolute Gasteiger partial charge is 0.396 e. The van der Waals surface area contributed by atoms with Crippen molar-refractivity contribution < 1.29 is 4.79 Å². The van der Waals surface area contributed by atoms with Gasteiger partial charge in [0.15, 0.2) is 0 Å². The highest BCUT2D eigenvalue weighted by molar-refractivity contribution is 5.97. The standard InChI is InChI=1S/C9H16N4O/c1-6(2)13-8(7(10)5-11-13)9(14)12(3)4/h5-6H,10H2,1-4H3. The van der Waals surface area contributed by atoms with Gasteiger partial charge in [0.1, 0.15) is 5.69 Å². The first-order chi connectivity index (χ1) is 6.45. The molecule has 0 aliphatic carbocycles. The third-order valence-electron chi connectivity index (χ3n) is 1.92. The van der Waals surface area contributed by atoms with E-state index in [1.807, 2.05) is 13.8 Å². The van der Waals surface area contributed by atoms with E-state index >= 15 is 0 Å². The minimum Gasteiger partial charge on any atom is -0.396 e. The summed E-state index contributed by atoms with van der Waals surface area (Å²) in [5.41, 5.74) is 6.58. The van der Waals surface area contributed by atoms with Crippen molar-refractivity contribution >= 4 is 11.6 Å². The number of nitrogens with two attached hydrogens (primary N) is 1. The number of carbonyl (C=O) groups is 1. The van der Waals surface area contributed by atoms with Gasteiger partial charge in [-0.2, -0.15) is 5.10 Å². The maximum Gasteiger partial charge on any atom is 0.273 e. The molecule has 1 heterocycles. The average molecular weight is 196 g/mol. The number of carbonyl (C=O) groups excluding carboxylic acids is 1. The van der Waals surface area contributed by atoms with E-state index in [2.05, 4.69) is 5.10 Å². The number of aromatic nitrogens is 2. The van der Waals surface area contributed by atoms with Crippen molar-refractivity contribution in [1.29, 1.82) is 0 Å². The summed E-state index contributed by atoms with van der Waals surface area (Å²) in [5, 5.41) is 4.06. The quantitative estimate of drug-likeness (QED) is 0.759. The molecular weight excluding hydrogens is 180 g/mol. The Morgan fingerprint density at radius 1 is 1.57 bits per heavy atom. The Labute approximate surface area is 83.5 Å². The van der Waals surface area contributed by atoms with Crippen LogP contribution in [0.15, 0.2) is 6.20 Å². The number of anilines is 1. The lowest BCUT2D eigenvalue weighted by Crippen LogP contribution is -2.26. The van der Waals surface area contributed by atoms with E-state index in [0.29, 0.717) is 11.4 Å². The van der Waals surface area contributed by atoms with Gasteiger partial charge in [-0.05, 0) is 13.8 Å². The Balaban J connectivity index is 3.17. The summed E-state index contributed by atoms with van der Waals surface area (Å²) >= 11 is 0. The van der Waals surface area contributed by atoms with E-state index in [9.17, 15) is 4.79 Å². The molecule has 1 aromatic heterocycles. The molecule has 1 rings (SSSR count). The number of nitrogens with zero attached hydrogens (tertiary/aromatic N) is 3. The number of amides is 1. The van der Waals surface area contributed by atoms with Crippen LogP contribution < -0.4 is 5.73 Å². The first-order valence-electron chi connectivity index (χ1n) is 4.49. The molecular formula is C9H16N4O. The molecule has 0 saturated heterocycles. The maximum atomic E-state index is 11.7. The van der Waals surface area contributed by atoms with Gasteiger partial charge >= 0.3 is 0 Å². The second kappa shape index (κ2) is 3.69. The van der Waals surface area contributed by atoms with Crippen LogP contribution in [0.4, 0.5) is 5.69 Å². The molecule has 0 spiro atoms. The van der Waals surface area contributed by atoms with Gasteiger partial charge in [-0.25, -0.2) is 0 Å². The van der Waals surface area contributed by atoms with Gasteiger partial charge in [-0.3, -0.25) is 9.48 Å². The third-order valence-corrected chi connectivity index (χ3v) is 1.92. The summed E-state index contributed by atoms with van der Waals surface area (Å²) in [4.78, 5) is 13.2. The van der Waals surface area contributed by atoms with E-state index in [0.717, 1.165) is 0 Å². The highest BCUT2D eigenvalue weighted by atomic mass is 16.2. The van der Waals surface area contributed by atoms with Crippen LogP contribution in [0.1, 0.15) is 30.4 Å². The summed E-state index contributed by atoms with van der Waals surface area (Å²) in [6.07, 6.45) is 1.51. The van der Waals surface area contributed by atoms with Crippen LogP contribution in [-0.2, 0) is 0 Å². The molecule has 5 nitrogen and oxygen atoms in total. The topological polar surface area (TPSA) is 64.2 Å². The van der Waals surface area contributed by atoms with Crippen molar-refractivity contribution in [1.82, 2.24) is 14.7 Å². The van der Waals surface area contributed by atoms with Gasteiger partial charge in [0, 0.05) is 20.1 Å². The van der Waals surface area contributed by atoms with Gasteiger partial charge in [-0.1, -0.05) is 0 Å². The number of rotatable bonds is 2. The molecule has 78 valence electrons. The molecule has 0 aliphatic rings. The molecule has 0 bridgehead atoms. The van der Waals surface area contributed by atoms with E-state index in [-0.39, 0.29) is 11.9 Å². The zero-order chi connectivity index (χ0) is 10.9. The highest BCUT2D eigenvalue weighted by Crippen LogP contribution is 2.16. The van der Waals surface area contributed by atoms with E-state index in [1.54, 1.807) is 18.8 Å². The molecule has 1 amide bonds. The van der Waals surface area contributed by atoms with Crippen molar-refractivity contribution in [3.63, 3.8) is 0 Å². The molecule has 0 atom stereocenters. The molecule has 1 aromatic rings. The number of hydrogen-bond acceptors (Lipinski definition) is 3. The van der Waals surface area contributed by atoms with Crippen molar-refractivity contribution in [3.8, 4) is 0 Å². The Morgan fingerprint density at radius 2 is 2.14 bits per heavy atom. The molecule has 14 heavy (non-hydrogen) atoms. The van der Waals surface area contributed by atoms with Crippen LogP contribution in [0.3, 0.4) is 0 Å². The summed E-state index contributed by atoms with van der Waals surface area (Å²) < 4.78 is 1.64. The molecule has 5 heteroatoms. The van der Waals surface area contributed by atoms with Gasteiger partial charge in [0.25, 0.3) is 5.91 Å².